The summed E-state index contributed by atoms with van der Waals surface area (Å²) in [6.45, 7) is 3.11. The largest absolute Gasteiger partial charge is 0.395 e. The molecular formula is C10H16N4O2. The molecule has 88 valence electrons. The molecule has 0 saturated heterocycles. The predicted molar refractivity (Wildman–Crippen MR) is 57.6 cm³/mol. The summed E-state index contributed by atoms with van der Waals surface area (Å²) in [5.74, 6) is 0.954. The molecule has 0 bridgehead atoms. The summed E-state index contributed by atoms with van der Waals surface area (Å²) in [5, 5.41) is 11.2. The van der Waals surface area contributed by atoms with Crippen molar-refractivity contribution in [2.24, 2.45) is 0 Å². The van der Waals surface area contributed by atoms with Crippen molar-refractivity contribution in [1.29, 1.82) is 0 Å². The molecule has 0 aliphatic carbocycles. The Bertz CT molecular complexity index is 363. The van der Waals surface area contributed by atoms with Crippen LogP contribution in [0, 0.1) is 0 Å². The molecule has 1 aromatic rings. The van der Waals surface area contributed by atoms with Gasteiger partial charge in [-0.25, -0.2) is 4.98 Å². The number of carbonyl (C=O) groups is 1. The van der Waals surface area contributed by atoms with Gasteiger partial charge in [-0.15, -0.1) is 0 Å². The van der Waals surface area contributed by atoms with Crippen molar-refractivity contribution in [3.05, 3.63) is 18.2 Å². The van der Waals surface area contributed by atoms with Gasteiger partial charge in [0.2, 0.25) is 5.91 Å². The van der Waals surface area contributed by atoms with Gasteiger partial charge in [-0.1, -0.05) is 0 Å². The van der Waals surface area contributed by atoms with E-state index in [0.717, 1.165) is 18.9 Å². The molecular weight excluding hydrogens is 208 g/mol. The van der Waals surface area contributed by atoms with E-state index >= 15 is 0 Å². The molecule has 2 rings (SSSR count). The minimum Gasteiger partial charge on any atom is -0.395 e. The van der Waals surface area contributed by atoms with Crippen LogP contribution in [0.25, 0.3) is 0 Å². The SMILES string of the molecule is O=C(CN1CCn2ccnc2C1)NCCO. The maximum absolute atomic E-state index is 11.4. The second-order valence-corrected chi connectivity index (χ2v) is 3.82. The number of nitrogens with zero attached hydrogens (tertiary/aromatic N) is 3. The topological polar surface area (TPSA) is 70.4 Å². The third-order valence-corrected chi connectivity index (χ3v) is 2.63. The number of carbonyl (C=O) groups excluding carboxylic acids is 1. The predicted octanol–water partition coefficient (Wildman–Crippen LogP) is -1.19. The molecule has 0 saturated carbocycles. The van der Waals surface area contributed by atoms with Gasteiger partial charge in [-0.2, -0.15) is 0 Å². The first-order chi connectivity index (χ1) is 7.79. The summed E-state index contributed by atoms with van der Waals surface area (Å²) in [5.41, 5.74) is 0. The fraction of sp³-hybridized carbons (Fsp3) is 0.600. The van der Waals surface area contributed by atoms with Gasteiger partial charge in [0.25, 0.3) is 0 Å². The Balaban J connectivity index is 1.82. The van der Waals surface area contributed by atoms with Crippen LogP contribution in [0.4, 0.5) is 0 Å². The molecule has 0 aromatic carbocycles. The Hall–Kier alpha value is -1.40. The first kappa shape index (κ1) is 11.1. The van der Waals surface area contributed by atoms with E-state index in [9.17, 15) is 4.79 Å². The number of hydrogen-bond acceptors (Lipinski definition) is 4. The van der Waals surface area contributed by atoms with E-state index in [4.69, 9.17) is 5.11 Å². The number of rotatable bonds is 4. The average molecular weight is 224 g/mol. The standard InChI is InChI=1S/C10H16N4O2/c15-6-2-12-10(16)8-13-4-5-14-3-1-11-9(14)7-13/h1,3,15H,2,4-8H2,(H,12,16). The Morgan fingerprint density at radius 2 is 2.44 bits per heavy atom. The van der Waals surface area contributed by atoms with Gasteiger partial charge in [0.1, 0.15) is 5.82 Å². The van der Waals surface area contributed by atoms with E-state index in [1.807, 2.05) is 6.20 Å². The number of aliphatic hydroxyl groups is 1. The van der Waals surface area contributed by atoms with E-state index in [-0.39, 0.29) is 12.5 Å². The molecule has 2 N–H and O–H groups in total. The van der Waals surface area contributed by atoms with Crippen LogP contribution >= 0.6 is 0 Å². The lowest BCUT2D eigenvalue weighted by molar-refractivity contribution is -0.122. The number of aromatic nitrogens is 2. The van der Waals surface area contributed by atoms with Gasteiger partial charge >= 0.3 is 0 Å². The fourth-order valence-electron chi connectivity index (χ4n) is 1.81. The summed E-state index contributed by atoms with van der Waals surface area (Å²) in [6, 6.07) is 0. The van der Waals surface area contributed by atoms with Crippen molar-refractivity contribution in [2.45, 2.75) is 13.1 Å². The van der Waals surface area contributed by atoms with Crippen LogP contribution in [0.1, 0.15) is 5.82 Å². The highest BCUT2D eigenvalue weighted by molar-refractivity contribution is 5.77. The normalized spacial score (nSPS) is 15.8. The Morgan fingerprint density at radius 1 is 1.56 bits per heavy atom. The van der Waals surface area contributed by atoms with E-state index < -0.39 is 0 Å². The minimum absolute atomic E-state index is 0.0177. The fourth-order valence-corrected chi connectivity index (χ4v) is 1.81. The zero-order valence-electron chi connectivity index (χ0n) is 9.09. The van der Waals surface area contributed by atoms with Crippen molar-refractivity contribution in [3.8, 4) is 0 Å². The first-order valence-electron chi connectivity index (χ1n) is 5.39. The summed E-state index contributed by atoms with van der Waals surface area (Å²) in [7, 11) is 0. The first-order valence-corrected chi connectivity index (χ1v) is 5.39. The zero-order chi connectivity index (χ0) is 11.4. The molecule has 16 heavy (non-hydrogen) atoms. The minimum atomic E-state index is -0.0472. The van der Waals surface area contributed by atoms with E-state index in [1.54, 1.807) is 6.20 Å². The summed E-state index contributed by atoms with van der Waals surface area (Å²) in [6.07, 6.45) is 3.74. The molecule has 0 atom stereocenters. The van der Waals surface area contributed by atoms with Gasteiger partial charge in [-0.3, -0.25) is 9.69 Å². The van der Waals surface area contributed by atoms with Crippen LogP contribution < -0.4 is 5.32 Å². The molecule has 1 aromatic heterocycles. The highest BCUT2D eigenvalue weighted by Crippen LogP contribution is 2.09. The quantitative estimate of drug-likeness (QED) is 0.674. The van der Waals surface area contributed by atoms with E-state index in [1.165, 1.54) is 0 Å². The lowest BCUT2D eigenvalue weighted by Crippen LogP contribution is -2.41. The van der Waals surface area contributed by atoms with Gasteiger partial charge in [-0.05, 0) is 0 Å². The third-order valence-electron chi connectivity index (χ3n) is 2.63. The number of fused-ring (bicyclic) bond motifs is 1. The van der Waals surface area contributed by atoms with Gasteiger partial charge in [0.15, 0.2) is 0 Å². The van der Waals surface area contributed by atoms with Crippen molar-refractivity contribution in [1.82, 2.24) is 19.8 Å². The maximum Gasteiger partial charge on any atom is 0.234 e. The molecule has 0 spiro atoms. The maximum atomic E-state index is 11.4. The lowest BCUT2D eigenvalue weighted by Gasteiger charge is -2.26. The molecule has 1 aliphatic heterocycles. The molecule has 6 nitrogen and oxygen atoms in total. The highest BCUT2D eigenvalue weighted by Gasteiger charge is 2.18. The van der Waals surface area contributed by atoms with Gasteiger partial charge in [0, 0.05) is 32.0 Å². The van der Waals surface area contributed by atoms with Crippen LogP contribution in [-0.4, -0.2) is 51.7 Å². The molecule has 6 heteroatoms. The second kappa shape index (κ2) is 5.09. The molecule has 1 aliphatic rings. The Labute approximate surface area is 93.9 Å². The zero-order valence-corrected chi connectivity index (χ0v) is 9.09. The van der Waals surface area contributed by atoms with Crippen molar-refractivity contribution >= 4 is 5.91 Å². The number of hydrogen-bond donors (Lipinski definition) is 2. The average Bonchev–Trinajstić information content (AvgIpc) is 2.73. The molecule has 2 heterocycles. The summed E-state index contributed by atoms with van der Waals surface area (Å²) in [4.78, 5) is 17.7. The molecule has 1 amide bonds. The number of amides is 1. The third kappa shape index (κ3) is 2.59. The Kier molecular flexibility index (Phi) is 3.53. The summed E-state index contributed by atoms with van der Waals surface area (Å²) >= 11 is 0. The van der Waals surface area contributed by atoms with Crippen molar-refractivity contribution in [2.75, 3.05) is 26.2 Å². The lowest BCUT2D eigenvalue weighted by atomic mass is 10.3. The number of imidazole rings is 1. The molecule has 0 fully saturated rings. The highest BCUT2D eigenvalue weighted by atomic mass is 16.3. The van der Waals surface area contributed by atoms with E-state index in [2.05, 4.69) is 19.8 Å². The van der Waals surface area contributed by atoms with Gasteiger partial charge < -0.3 is 15.0 Å². The van der Waals surface area contributed by atoms with Crippen molar-refractivity contribution < 1.29 is 9.90 Å². The second-order valence-electron chi connectivity index (χ2n) is 3.82. The number of nitrogens with one attached hydrogen (secondary N) is 1. The van der Waals surface area contributed by atoms with Crippen LogP contribution in [-0.2, 0) is 17.9 Å². The number of aliphatic hydroxyl groups excluding tert-OH is 1. The molecule has 0 unspecified atom stereocenters. The van der Waals surface area contributed by atoms with Crippen LogP contribution in [0.3, 0.4) is 0 Å². The Morgan fingerprint density at radius 3 is 3.25 bits per heavy atom. The smallest absolute Gasteiger partial charge is 0.234 e. The van der Waals surface area contributed by atoms with Crippen molar-refractivity contribution in [3.63, 3.8) is 0 Å². The van der Waals surface area contributed by atoms with E-state index in [0.29, 0.717) is 19.6 Å². The van der Waals surface area contributed by atoms with Crippen LogP contribution in [0.2, 0.25) is 0 Å². The van der Waals surface area contributed by atoms with Crippen LogP contribution in [0.5, 0.6) is 0 Å². The monoisotopic (exact) mass is 224 g/mol. The molecule has 0 radical (unpaired) electrons. The van der Waals surface area contributed by atoms with Gasteiger partial charge in [0.05, 0.1) is 19.7 Å². The van der Waals surface area contributed by atoms with Crippen LogP contribution in [0.15, 0.2) is 12.4 Å². The summed E-state index contributed by atoms with van der Waals surface area (Å²) < 4.78 is 2.10.